The molecular formula is C17H14N2O4S3. The molecule has 0 atom stereocenters. The Bertz CT molecular complexity index is 928. The third-order valence-electron chi connectivity index (χ3n) is 3.23. The lowest BCUT2D eigenvalue weighted by Crippen LogP contribution is -2.18. The van der Waals surface area contributed by atoms with E-state index in [9.17, 15) is 14.4 Å². The molecule has 0 saturated carbocycles. The van der Waals surface area contributed by atoms with Crippen LogP contribution in [0.2, 0.25) is 0 Å². The molecule has 0 aliphatic rings. The molecule has 6 nitrogen and oxygen atoms in total. The molecule has 0 fully saturated rings. The molecule has 0 bridgehead atoms. The van der Waals surface area contributed by atoms with Gasteiger partial charge in [-0.25, -0.2) is 9.78 Å². The number of thiophene rings is 2. The van der Waals surface area contributed by atoms with E-state index in [0.717, 1.165) is 14.8 Å². The van der Waals surface area contributed by atoms with Gasteiger partial charge in [0.1, 0.15) is 5.01 Å². The van der Waals surface area contributed by atoms with Crippen molar-refractivity contribution in [2.24, 2.45) is 0 Å². The normalized spacial score (nSPS) is 10.5. The first-order valence-electron chi connectivity index (χ1n) is 7.56. The van der Waals surface area contributed by atoms with Crippen molar-refractivity contribution in [2.45, 2.75) is 13.5 Å². The molecule has 9 heteroatoms. The largest absolute Gasteiger partial charge is 0.453 e. The number of ketones is 1. The Morgan fingerprint density at radius 2 is 2.04 bits per heavy atom. The third kappa shape index (κ3) is 4.63. The highest BCUT2D eigenvalue weighted by Crippen LogP contribution is 2.28. The van der Waals surface area contributed by atoms with E-state index in [4.69, 9.17) is 4.74 Å². The number of carbonyl (C=O) groups is 3. The van der Waals surface area contributed by atoms with Crippen LogP contribution in [0.15, 0.2) is 35.0 Å². The van der Waals surface area contributed by atoms with Crippen LogP contribution in [0.25, 0.3) is 9.88 Å². The molecule has 0 unspecified atom stereocenters. The highest BCUT2D eigenvalue weighted by atomic mass is 32.1. The fourth-order valence-corrected chi connectivity index (χ4v) is 4.47. The number of rotatable bonds is 7. The molecule has 0 spiro atoms. The molecule has 3 rings (SSSR count). The van der Waals surface area contributed by atoms with Gasteiger partial charge < -0.3 is 10.1 Å². The standard InChI is InChI=1S/C17H14N2O4S3/c1-10(20)18-7-11-4-5-14(26-11)13(21)8-23-17(22)12-9-25-16(19-12)15-3-2-6-24-15/h2-6,9H,7-8H2,1H3,(H,18,20). The Labute approximate surface area is 161 Å². The number of hydrogen-bond acceptors (Lipinski definition) is 8. The highest BCUT2D eigenvalue weighted by molar-refractivity contribution is 7.20. The van der Waals surface area contributed by atoms with Crippen molar-refractivity contribution in [1.82, 2.24) is 10.3 Å². The summed E-state index contributed by atoms with van der Waals surface area (Å²) in [5.41, 5.74) is 0.198. The van der Waals surface area contributed by atoms with Crippen LogP contribution in [-0.4, -0.2) is 29.3 Å². The summed E-state index contributed by atoms with van der Waals surface area (Å²) in [6.07, 6.45) is 0. The molecule has 3 aromatic heterocycles. The summed E-state index contributed by atoms with van der Waals surface area (Å²) in [5, 5.41) is 6.98. The van der Waals surface area contributed by atoms with Crippen molar-refractivity contribution >= 4 is 51.7 Å². The number of hydrogen-bond donors (Lipinski definition) is 1. The van der Waals surface area contributed by atoms with Crippen LogP contribution in [0.1, 0.15) is 32.0 Å². The second-order valence-electron chi connectivity index (χ2n) is 5.19. The zero-order valence-electron chi connectivity index (χ0n) is 13.7. The lowest BCUT2D eigenvalue weighted by Gasteiger charge is -2.01. The molecule has 0 aliphatic heterocycles. The van der Waals surface area contributed by atoms with Gasteiger partial charge in [-0.1, -0.05) is 6.07 Å². The van der Waals surface area contributed by atoms with E-state index < -0.39 is 5.97 Å². The summed E-state index contributed by atoms with van der Waals surface area (Å²) in [6.45, 7) is 1.46. The predicted molar refractivity (Wildman–Crippen MR) is 102 cm³/mol. The molecule has 1 N–H and O–H groups in total. The zero-order chi connectivity index (χ0) is 18.5. The number of thiazole rings is 1. The van der Waals surface area contributed by atoms with Crippen molar-refractivity contribution in [3.8, 4) is 9.88 Å². The van der Waals surface area contributed by atoms with Crippen LogP contribution in [0.4, 0.5) is 0 Å². The summed E-state index contributed by atoms with van der Waals surface area (Å²) in [5.74, 6) is -1.04. The van der Waals surface area contributed by atoms with E-state index in [1.165, 1.54) is 29.6 Å². The number of carbonyl (C=O) groups excluding carboxylic acids is 3. The lowest BCUT2D eigenvalue weighted by atomic mass is 10.3. The van der Waals surface area contributed by atoms with E-state index in [2.05, 4.69) is 10.3 Å². The Balaban J connectivity index is 1.54. The van der Waals surface area contributed by atoms with Crippen molar-refractivity contribution < 1.29 is 19.1 Å². The van der Waals surface area contributed by atoms with Crippen molar-refractivity contribution in [2.75, 3.05) is 6.61 Å². The van der Waals surface area contributed by atoms with Crippen LogP contribution in [0.5, 0.6) is 0 Å². The molecule has 1 amide bonds. The van der Waals surface area contributed by atoms with Crippen molar-refractivity contribution in [3.05, 3.63) is 50.5 Å². The quantitative estimate of drug-likeness (QED) is 0.479. The molecule has 26 heavy (non-hydrogen) atoms. The van der Waals surface area contributed by atoms with E-state index in [0.29, 0.717) is 11.4 Å². The van der Waals surface area contributed by atoms with Gasteiger partial charge in [0.25, 0.3) is 0 Å². The molecule has 3 heterocycles. The third-order valence-corrected chi connectivity index (χ3v) is 6.24. The van der Waals surface area contributed by atoms with Crippen molar-refractivity contribution in [1.29, 1.82) is 0 Å². The van der Waals surface area contributed by atoms with Gasteiger partial charge in [-0.2, -0.15) is 0 Å². The van der Waals surface area contributed by atoms with Crippen LogP contribution in [-0.2, 0) is 16.1 Å². The van der Waals surface area contributed by atoms with Crippen LogP contribution in [0, 0.1) is 0 Å². The molecule has 0 aliphatic carbocycles. The number of ether oxygens (including phenoxy) is 1. The first-order chi connectivity index (χ1) is 12.5. The monoisotopic (exact) mass is 406 g/mol. The van der Waals surface area contributed by atoms with Crippen molar-refractivity contribution in [3.63, 3.8) is 0 Å². The van der Waals surface area contributed by atoms with Gasteiger partial charge in [-0.3, -0.25) is 9.59 Å². The highest BCUT2D eigenvalue weighted by Gasteiger charge is 2.17. The lowest BCUT2D eigenvalue weighted by molar-refractivity contribution is -0.119. The first-order valence-corrected chi connectivity index (χ1v) is 10.1. The predicted octanol–water partition coefficient (Wildman–Crippen LogP) is 3.61. The Kier molecular flexibility index (Phi) is 5.92. The maximum Gasteiger partial charge on any atom is 0.358 e. The SMILES string of the molecule is CC(=O)NCc1ccc(C(=O)COC(=O)c2csc(-c3cccs3)n2)s1. The minimum absolute atomic E-state index is 0.134. The summed E-state index contributed by atoms with van der Waals surface area (Å²) in [6, 6.07) is 7.27. The summed E-state index contributed by atoms with van der Waals surface area (Å²) in [4.78, 5) is 41.7. The zero-order valence-corrected chi connectivity index (χ0v) is 16.1. The minimum atomic E-state index is -0.618. The fraction of sp³-hybridized carbons (Fsp3) is 0.176. The second-order valence-corrected chi connectivity index (χ2v) is 8.16. The van der Waals surface area contributed by atoms with Gasteiger partial charge >= 0.3 is 5.97 Å². The number of Topliss-reactive ketones (excluding diaryl/α,β-unsaturated/α-hetero) is 1. The second kappa shape index (κ2) is 8.35. The Hall–Kier alpha value is -2.36. The topological polar surface area (TPSA) is 85.4 Å². The maximum absolute atomic E-state index is 12.2. The van der Waals surface area contributed by atoms with E-state index in [-0.39, 0.29) is 24.0 Å². The smallest absolute Gasteiger partial charge is 0.358 e. The van der Waals surface area contributed by atoms with Gasteiger partial charge in [0.15, 0.2) is 12.3 Å². The van der Waals surface area contributed by atoms with Gasteiger partial charge in [-0.15, -0.1) is 34.0 Å². The van der Waals surface area contributed by atoms with E-state index in [1.54, 1.807) is 28.8 Å². The van der Waals surface area contributed by atoms with E-state index >= 15 is 0 Å². The van der Waals surface area contributed by atoms with Crippen LogP contribution < -0.4 is 5.32 Å². The number of amides is 1. The minimum Gasteiger partial charge on any atom is -0.453 e. The average Bonchev–Trinajstić information content (AvgIpc) is 3.38. The van der Waals surface area contributed by atoms with E-state index in [1.807, 2.05) is 17.5 Å². The molecular weight excluding hydrogens is 392 g/mol. The Morgan fingerprint density at radius 1 is 1.19 bits per heavy atom. The van der Waals surface area contributed by atoms with Gasteiger partial charge in [0.2, 0.25) is 11.7 Å². The average molecular weight is 407 g/mol. The molecule has 0 radical (unpaired) electrons. The first kappa shape index (κ1) is 18.4. The van der Waals surface area contributed by atoms with Gasteiger partial charge in [0, 0.05) is 17.2 Å². The van der Waals surface area contributed by atoms with Gasteiger partial charge in [0.05, 0.1) is 16.3 Å². The number of aromatic nitrogens is 1. The van der Waals surface area contributed by atoms with Gasteiger partial charge in [-0.05, 0) is 23.6 Å². The molecule has 3 aromatic rings. The number of esters is 1. The molecule has 0 saturated heterocycles. The fourth-order valence-electron chi connectivity index (χ4n) is 1.99. The number of nitrogens with zero attached hydrogens (tertiary/aromatic N) is 1. The molecule has 0 aromatic carbocycles. The molecule has 134 valence electrons. The number of nitrogens with one attached hydrogen (secondary N) is 1. The van der Waals surface area contributed by atoms with Crippen LogP contribution in [0.3, 0.4) is 0 Å². The summed E-state index contributed by atoms with van der Waals surface area (Å²) in [7, 11) is 0. The Morgan fingerprint density at radius 3 is 2.77 bits per heavy atom. The van der Waals surface area contributed by atoms with Crippen LogP contribution >= 0.6 is 34.0 Å². The summed E-state index contributed by atoms with van der Waals surface area (Å²) >= 11 is 4.16. The maximum atomic E-state index is 12.2. The summed E-state index contributed by atoms with van der Waals surface area (Å²) < 4.78 is 5.08.